The lowest BCUT2D eigenvalue weighted by molar-refractivity contribution is 0.0952. The molecular weight excluding hydrogens is 374 g/mol. The van der Waals surface area contributed by atoms with E-state index in [9.17, 15) is 13.6 Å². The number of thioether (sulfide) groups is 1. The minimum absolute atomic E-state index is 0.228. The molecule has 0 fully saturated rings. The Morgan fingerprint density at radius 2 is 1.96 bits per heavy atom. The highest BCUT2D eigenvalue weighted by Gasteiger charge is 2.14. The predicted octanol–water partition coefficient (Wildman–Crippen LogP) is 2.82. The number of benzene rings is 1. The van der Waals surface area contributed by atoms with Crippen LogP contribution in [-0.2, 0) is 0 Å². The van der Waals surface area contributed by atoms with E-state index in [4.69, 9.17) is 0 Å². The second kappa shape index (κ2) is 9.08. The highest BCUT2D eigenvalue weighted by molar-refractivity contribution is 7.99. The molecular formula is C17H16F2N6OS. The summed E-state index contributed by atoms with van der Waals surface area (Å²) in [6.45, 7) is 0.709. The molecule has 2 N–H and O–H groups in total. The van der Waals surface area contributed by atoms with Crippen LogP contribution in [0.25, 0.3) is 5.82 Å². The summed E-state index contributed by atoms with van der Waals surface area (Å²) in [7, 11) is 0. The van der Waals surface area contributed by atoms with Gasteiger partial charge in [-0.2, -0.15) is 13.9 Å². The van der Waals surface area contributed by atoms with E-state index in [1.807, 2.05) is 0 Å². The zero-order chi connectivity index (χ0) is 19.1. The first-order valence-corrected chi connectivity index (χ1v) is 8.91. The third-order valence-corrected chi connectivity index (χ3v) is 4.24. The number of nitrogens with one attached hydrogen (secondary N) is 2. The molecule has 10 heteroatoms. The molecule has 0 radical (unpaired) electrons. The van der Waals surface area contributed by atoms with Crippen molar-refractivity contribution in [3.05, 3.63) is 60.4 Å². The number of aromatic nitrogens is 4. The van der Waals surface area contributed by atoms with Gasteiger partial charge in [-0.05, 0) is 30.3 Å². The minimum Gasteiger partial charge on any atom is -0.367 e. The van der Waals surface area contributed by atoms with Gasteiger partial charge in [0, 0.05) is 30.4 Å². The number of hydrogen-bond donors (Lipinski definition) is 2. The maximum atomic E-state index is 12.6. The van der Waals surface area contributed by atoms with Crippen LogP contribution in [0.2, 0.25) is 0 Å². The molecule has 0 bridgehead atoms. The van der Waals surface area contributed by atoms with E-state index in [1.165, 1.54) is 12.1 Å². The Hall–Kier alpha value is -3.01. The molecule has 2 aromatic heterocycles. The van der Waals surface area contributed by atoms with Crippen molar-refractivity contribution in [2.75, 3.05) is 18.4 Å². The molecule has 0 unspecified atom stereocenters. The third kappa shape index (κ3) is 5.23. The quantitative estimate of drug-likeness (QED) is 0.455. The lowest BCUT2D eigenvalue weighted by Crippen LogP contribution is -2.29. The van der Waals surface area contributed by atoms with Crippen molar-refractivity contribution in [1.29, 1.82) is 0 Å². The van der Waals surface area contributed by atoms with Gasteiger partial charge in [-0.3, -0.25) is 4.79 Å². The van der Waals surface area contributed by atoms with Crippen LogP contribution < -0.4 is 10.6 Å². The monoisotopic (exact) mass is 390 g/mol. The summed E-state index contributed by atoms with van der Waals surface area (Å²) in [5.41, 5.74) is 0.228. The number of hydrogen-bond acceptors (Lipinski definition) is 6. The zero-order valence-electron chi connectivity index (χ0n) is 14.0. The van der Waals surface area contributed by atoms with E-state index in [1.54, 1.807) is 47.4 Å². The first-order chi connectivity index (χ1) is 13.1. The van der Waals surface area contributed by atoms with E-state index >= 15 is 0 Å². The first kappa shape index (κ1) is 18.8. The van der Waals surface area contributed by atoms with Gasteiger partial charge in [0.05, 0.1) is 5.56 Å². The minimum atomic E-state index is -2.58. The second-order valence-electron chi connectivity index (χ2n) is 5.28. The van der Waals surface area contributed by atoms with E-state index < -0.39 is 11.7 Å². The number of nitrogens with zero attached hydrogens (tertiary/aromatic N) is 4. The van der Waals surface area contributed by atoms with E-state index in [0.29, 0.717) is 36.5 Å². The van der Waals surface area contributed by atoms with E-state index in [-0.39, 0.29) is 10.5 Å². The van der Waals surface area contributed by atoms with Crippen LogP contribution in [0.4, 0.5) is 14.6 Å². The molecule has 0 spiro atoms. The van der Waals surface area contributed by atoms with Crippen LogP contribution in [0.3, 0.4) is 0 Å². The molecule has 3 rings (SSSR count). The summed E-state index contributed by atoms with van der Waals surface area (Å²) in [4.78, 5) is 12.4. The number of alkyl halides is 2. The van der Waals surface area contributed by atoms with Crippen LogP contribution in [0.15, 0.2) is 59.8 Å². The Bertz CT molecular complexity index is 873. The van der Waals surface area contributed by atoms with Gasteiger partial charge in [-0.15, -0.1) is 10.2 Å². The normalized spacial score (nSPS) is 10.8. The van der Waals surface area contributed by atoms with Gasteiger partial charge in [0.1, 0.15) is 5.82 Å². The number of rotatable bonds is 8. The second-order valence-corrected chi connectivity index (χ2v) is 6.32. The van der Waals surface area contributed by atoms with Gasteiger partial charge < -0.3 is 10.6 Å². The van der Waals surface area contributed by atoms with Gasteiger partial charge in [-0.25, -0.2) is 4.68 Å². The van der Waals surface area contributed by atoms with Crippen LogP contribution in [0, 0.1) is 0 Å². The maximum Gasteiger partial charge on any atom is 0.288 e. The Balaban J connectivity index is 1.48. The van der Waals surface area contributed by atoms with Crippen molar-refractivity contribution in [3.63, 3.8) is 0 Å². The fourth-order valence-corrected chi connectivity index (χ4v) is 2.90. The molecule has 0 saturated carbocycles. The summed E-state index contributed by atoms with van der Waals surface area (Å²) in [6, 6.07) is 11.6. The van der Waals surface area contributed by atoms with E-state index in [0.717, 1.165) is 0 Å². The van der Waals surface area contributed by atoms with Gasteiger partial charge in [-0.1, -0.05) is 23.9 Å². The van der Waals surface area contributed by atoms with Crippen LogP contribution in [0.5, 0.6) is 0 Å². The molecule has 0 aliphatic heterocycles. The third-order valence-electron chi connectivity index (χ3n) is 3.45. The van der Waals surface area contributed by atoms with E-state index in [2.05, 4.69) is 25.9 Å². The van der Waals surface area contributed by atoms with Crippen molar-refractivity contribution < 1.29 is 13.6 Å². The Labute approximate surface area is 158 Å². The van der Waals surface area contributed by atoms with Crippen molar-refractivity contribution >= 4 is 23.5 Å². The molecule has 2 heterocycles. The molecule has 1 aromatic carbocycles. The molecule has 140 valence electrons. The summed E-state index contributed by atoms with van der Waals surface area (Å²) in [5.74, 6) is -1.84. The average molecular weight is 390 g/mol. The highest BCUT2D eigenvalue weighted by Crippen LogP contribution is 2.28. The average Bonchev–Trinajstić information content (AvgIpc) is 3.20. The van der Waals surface area contributed by atoms with Crippen molar-refractivity contribution in [2.45, 2.75) is 10.7 Å². The Morgan fingerprint density at radius 1 is 1.11 bits per heavy atom. The molecule has 0 atom stereocenters. The number of anilines is 1. The Morgan fingerprint density at radius 3 is 2.67 bits per heavy atom. The number of halogens is 2. The topological polar surface area (TPSA) is 84.7 Å². The molecule has 7 nitrogen and oxygen atoms in total. The summed E-state index contributed by atoms with van der Waals surface area (Å²) >= 11 is 0.354. The molecule has 3 aromatic rings. The SMILES string of the molecule is O=C(NCCNc1ccc(-n2cccn2)nn1)c1ccccc1SC(F)F. The van der Waals surface area contributed by atoms with Gasteiger partial charge >= 0.3 is 0 Å². The predicted molar refractivity (Wildman–Crippen MR) is 98.3 cm³/mol. The maximum absolute atomic E-state index is 12.6. The first-order valence-electron chi connectivity index (χ1n) is 8.03. The smallest absolute Gasteiger partial charge is 0.288 e. The zero-order valence-corrected chi connectivity index (χ0v) is 14.9. The molecule has 0 aliphatic rings. The number of carbonyl (C=O) groups is 1. The fraction of sp³-hybridized carbons (Fsp3) is 0.176. The van der Waals surface area contributed by atoms with Crippen molar-refractivity contribution in [2.24, 2.45) is 0 Å². The van der Waals surface area contributed by atoms with Crippen LogP contribution in [0.1, 0.15) is 10.4 Å². The number of carbonyl (C=O) groups excluding carboxylic acids is 1. The Kier molecular flexibility index (Phi) is 6.31. The van der Waals surface area contributed by atoms with Gasteiger partial charge in [0.15, 0.2) is 5.82 Å². The summed E-state index contributed by atoms with van der Waals surface area (Å²) in [5, 5.41) is 17.9. The standard InChI is InChI=1S/C17H16F2N6OS/c18-17(19)27-13-5-2-1-4-12(13)16(26)21-10-9-20-14-6-7-15(24-23-14)25-11-3-8-22-25/h1-8,11,17H,9-10H2,(H,20,23)(H,21,26). The molecule has 27 heavy (non-hydrogen) atoms. The van der Waals surface area contributed by atoms with Crippen molar-refractivity contribution in [1.82, 2.24) is 25.3 Å². The van der Waals surface area contributed by atoms with Gasteiger partial charge in [0.2, 0.25) is 0 Å². The lowest BCUT2D eigenvalue weighted by Gasteiger charge is -2.10. The summed E-state index contributed by atoms with van der Waals surface area (Å²) in [6.07, 6.45) is 3.41. The largest absolute Gasteiger partial charge is 0.367 e. The highest BCUT2D eigenvalue weighted by atomic mass is 32.2. The molecule has 0 aliphatic carbocycles. The van der Waals surface area contributed by atoms with Gasteiger partial charge in [0.25, 0.3) is 11.7 Å². The molecule has 1 amide bonds. The van der Waals surface area contributed by atoms with Crippen LogP contribution >= 0.6 is 11.8 Å². The lowest BCUT2D eigenvalue weighted by atomic mass is 10.2. The van der Waals surface area contributed by atoms with Crippen molar-refractivity contribution in [3.8, 4) is 5.82 Å². The van der Waals surface area contributed by atoms with Crippen LogP contribution in [-0.4, -0.2) is 44.7 Å². The fourth-order valence-electron chi connectivity index (χ4n) is 2.26. The number of amides is 1. The summed E-state index contributed by atoms with van der Waals surface area (Å²) < 4.78 is 26.7. The molecule has 0 saturated heterocycles.